The van der Waals surface area contributed by atoms with E-state index >= 15 is 0 Å². The van der Waals surface area contributed by atoms with E-state index < -0.39 is 0 Å². The maximum Gasteiger partial charge on any atom is 0.176 e. The number of tetrazole rings is 1. The summed E-state index contributed by atoms with van der Waals surface area (Å²) in [7, 11) is 1.82. The second-order valence-corrected chi connectivity index (χ2v) is 6.88. The van der Waals surface area contributed by atoms with Crippen LogP contribution in [0.5, 0.6) is 0 Å². The molecular weight excluding hydrogens is 238 g/mol. The SMILES string of the molecule is CCCNC(Cc1nnn(C)n1)C1C(C)(C)C1(C)C. The fraction of sp³-hybridized carbons (Fsp3) is 0.929. The Balaban J connectivity index is 2.09. The van der Waals surface area contributed by atoms with Crippen molar-refractivity contribution in [3.8, 4) is 0 Å². The van der Waals surface area contributed by atoms with Gasteiger partial charge in [0.15, 0.2) is 5.82 Å². The summed E-state index contributed by atoms with van der Waals surface area (Å²) in [4.78, 5) is 1.54. The van der Waals surface area contributed by atoms with Gasteiger partial charge in [0, 0.05) is 12.5 Å². The number of rotatable bonds is 6. The minimum absolute atomic E-state index is 0.376. The lowest BCUT2D eigenvalue weighted by Crippen LogP contribution is -2.36. The fourth-order valence-corrected chi connectivity index (χ4v) is 3.49. The summed E-state index contributed by atoms with van der Waals surface area (Å²) in [6, 6.07) is 0.439. The number of nitrogens with one attached hydrogen (secondary N) is 1. The fourth-order valence-electron chi connectivity index (χ4n) is 3.49. The Labute approximate surface area is 116 Å². The van der Waals surface area contributed by atoms with Crippen LogP contribution in [0.25, 0.3) is 0 Å². The Bertz CT molecular complexity index is 421. The average Bonchev–Trinajstić information content (AvgIpc) is 2.64. The molecule has 19 heavy (non-hydrogen) atoms. The second kappa shape index (κ2) is 4.85. The molecule has 1 aromatic rings. The smallest absolute Gasteiger partial charge is 0.176 e. The number of hydrogen-bond donors (Lipinski definition) is 1. The Hall–Kier alpha value is -0.970. The Morgan fingerprint density at radius 2 is 1.89 bits per heavy atom. The summed E-state index contributed by atoms with van der Waals surface area (Å²) in [6.45, 7) is 12.7. The van der Waals surface area contributed by atoms with Crippen molar-refractivity contribution in [2.45, 2.75) is 53.5 Å². The summed E-state index contributed by atoms with van der Waals surface area (Å²) in [5, 5.41) is 16.1. The summed E-state index contributed by atoms with van der Waals surface area (Å²) in [5.41, 5.74) is 0.751. The van der Waals surface area contributed by atoms with Crippen LogP contribution >= 0.6 is 0 Å². The van der Waals surface area contributed by atoms with Crippen LogP contribution in [0.3, 0.4) is 0 Å². The minimum atomic E-state index is 0.376. The molecule has 0 amide bonds. The summed E-state index contributed by atoms with van der Waals surface area (Å²) < 4.78 is 0. The lowest BCUT2D eigenvalue weighted by atomic mass is 10.0. The highest BCUT2D eigenvalue weighted by Gasteiger charge is 2.66. The van der Waals surface area contributed by atoms with Crippen molar-refractivity contribution in [2.75, 3.05) is 6.54 Å². The maximum absolute atomic E-state index is 4.32. The average molecular weight is 265 g/mol. The Kier molecular flexibility index (Phi) is 3.69. The standard InChI is InChI=1S/C14H27N5/c1-7-8-15-10(9-11-16-18-19(6)17-11)12-13(2,3)14(12,4)5/h10,12,15H,7-9H2,1-6H3. The van der Waals surface area contributed by atoms with E-state index in [4.69, 9.17) is 0 Å². The van der Waals surface area contributed by atoms with Crippen molar-refractivity contribution < 1.29 is 0 Å². The molecule has 1 atom stereocenters. The van der Waals surface area contributed by atoms with E-state index in [0.717, 1.165) is 25.2 Å². The van der Waals surface area contributed by atoms with Crippen LogP contribution in [0.1, 0.15) is 46.9 Å². The van der Waals surface area contributed by atoms with E-state index in [1.165, 1.54) is 4.80 Å². The van der Waals surface area contributed by atoms with Gasteiger partial charge in [0.25, 0.3) is 0 Å². The first-order valence-corrected chi connectivity index (χ1v) is 7.27. The third-order valence-corrected chi connectivity index (χ3v) is 5.14. The van der Waals surface area contributed by atoms with Gasteiger partial charge in [-0.15, -0.1) is 10.2 Å². The van der Waals surface area contributed by atoms with Gasteiger partial charge in [-0.1, -0.05) is 34.6 Å². The van der Waals surface area contributed by atoms with Gasteiger partial charge in [-0.25, -0.2) is 0 Å². The van der Waals surface area contributed by atoms with Gasteiger partial charge in [-0.05, 0) is 34.9 Å². The van der Waals surface area contributed by atoms with E-state index in [9.17, 15) is 0 Å². The molecule has 0 saturated heterocycles. The first-order chi connectivity index (χ1) is 8.80. The van der Waals surface area contributed by atoms with Gasteiger partial charge in [-0.2, -0.15) is 4.80 Å². The predicted octanol–water partition coefficient (Wildman–Crippen LogP) is 1.80. The van der Waals surface area contributed by atoms with Gasteiger partial charge in [0.05, 0.1) is 7.05 Å². The molecule has 108 valence electrons. The molecule has 1 heterocycles. The summed E-state index contributed by atoms with van der Waals surface area (Å²) in [5.74, 6) is 1.50. The maximum atomic E-state index is 4.32. The lowest BCUT2D eigenvalue weighted by Gasteiger charge is -2.19. The zero-order chi connectivity index (χ0) is 14.3. The Morgan fingerprint density at radius 1 is 1.26 bits per heavy atom. The largest absolute Gasteiger partial charge is 0.313 e. The Morgan fingerprint density at radius 3 is 2.32 bits per heavy atom. The molecule has 5 heteroatoms. The molecule has 1 aliphatic carbocycles. The van der Waals surface area contributed by atoms with Crippen LogP contribution < -0.4 is 5.32 Å². The number of hydrogen-bond acceptors (Lipinski definition) is 4. The molecule has 2 rings (SSSR count). The topological polar surface area (TPSA) is 55.6 Å². The lowest BCUT2D eigenvalue weighted by molar-refractivity contribution is 0.389. The van der Waals surface area contributed by atoms with Gasteiger partial charge >= 0.3 is 0 Å². The minimum Gasteiger partial charge on any atom is -0.313 e. The molecule has 1 unspecified atom stereocenters. The first-order valence-electron chi connectivity index (χ1n) is 7.27. The van der Waals surface area contributed by atoms with Crippen molar-refractivity contribution in [1.82, 2.24) is 25.5 Å². The molecule has 0 bridgehead atoms. The van der Waals surface area contributed by atoms with Crippen LogP contribution in [0.2, 0.25) is 0 Å². The quantitative estimate of drug-likeness (QED) is 0.852. The van der Waals surface area contributed by atoms with Crippen LogP contribution in [-0.2, 0) is 13.5 Å². The van der Waals surface area contributed by atoms with Crippen LogP contribution in [-0.4, -0.2) is 32.8 Å². The highest BCUT2D eigenvalue weighted by atomic mass is 15.6. The number of nitrogens with zero attached hydrogens (tertiary/aromatic N) is 4. The molecule has 1 aromatic heterocycles. The van der Waals surface area contributed by atoms with E-state index in [-0.39, 0.29) is 0 Å². The summed E-state index contributed by atoms with van der Waals surface area (Å²) >= 11 is 0. The zero-order valence-corrected chi connectivity index (χ0v) is 13.1. The molecule has 0 radical (unpaired) electrons. The van der Waals surface area contributed by atoms with E-state index in [1.54, 1.807) is 0 Å². The van der Waals surface area contributed by atoms with Gasteiger partial charge < -0.3 is 5.32 Å². The zero-order valence-electron chi connectivity index (χ0n) is 13.1. The van der Waals surface area contributed by atoms with Crippen LogP contribution in [0.4, 0.5) is 0 Å². The first kappa shape index (κ1) is 14.4. The second-order valence-electron chi connectivity index (χ2n) is 6.88. The molecular formula is C14H27N5. The monoisotopic (exact) mass is 265 g/mol. The third-order valence-electron chi connectivity index (χ3n) is 5.14. The molecule has 0 aromatic carbocycles. The van der Waals surface area contributed by atoms with Gasteiger partial charge in [0.1, 0.15) is 0 Å². The molecule has 1 aliphatic rings. The van der Waals surface area contributed by atoms with E-state index in [2.05, 4.69) is 55.3 Å². The van der Waals surface area contributed by atoms with Crippen molar-refractivity contribution in [2.24, 2.45) is 23.8 Å². The molecule has 1 N–H and O–H groups in total. The predicted molar refractivity (Wildman–Crippen MR) is 75.6 cm³/mol. The van der Waals surface area contributed by atoms with Gasteiger partial charge in [-0.3, -0.25) is 0 Å². The normalized spacial score (nSPS) is 22.4. The van der Waals surface area contributed by atoms with Crippen molar-refractivity contribution >= 4 is 0 Å². The third kappa shape index (κ3) is 2.53. The highest BCUT2D eigenvalue weighted by Crippen LogP contribution is 2.69. The van der Waals surface area contributed by atoms with Crippen LogP contribution in [0.15, 0.2) is 0 Å². The van der Waals surface area contributed by atoms with Crippen molar-refractivity contribution in [3.05, 3.63) is 5.82 Å². The van der Waals surface area contributed by atoms with Gasteiger partial charge in [0.2, 0.25) is 0 Å². The number of aromatic nitrogens is 4. The van der Waals surface area contributed by atoms with Crippen LogP contribution in [0, 0.1) is 16.7 Å². The van der Waals surface area contributed by atoms with Crippen molar-refractivity contribution in [3.63, 3.8) is 0 Å². The molecule has 0 aliphatic heterocycles. The molecule has 5 nitrogen and oxygen atoms in total. The van der Waals surface area contributed by atoms with E-state index in [1.807, 2.05) is 7.05 Å². The molecule has 1 saturated carbocycles. The van der Waals surface area contributed by atoms with Crippen molar-refractivity contribution in [1.29, 1.82) is 0 Å². The molecule has 0 spiro atoms. The highest BCUT2D eigenvalue weighted by molar-refractivity contribution is 5.17. The van der Waals surface area contributed by atoms with E-state index in [0.29, 0.717) is 22.8 Å². The molecule has 1 fully saturated rings. The number of aryl methyl sites for hydroxylation is 1. The summed E-state index contributed by atoms with van der Waals surface area (Å²) in [6.07, 6.45) is 2.02.